The minimum atomic E-state index is 0.631. The van der Waals surface area contributed by atoms with Crippen LogP contribution in [0, 0.1) is 5.92 Å². The molecule has 20 heavy (non-hydrogen) atoms. The Hall–Kier alpha value is -0.120. The van der Waals surface area contributed by atoms with Gasteiger partial charge in [0.25, 0.3) is 0 Å². The number of nitrogens with zero attached hydrogens (tertiary/aromatic N) is 2. The maximum Gasteiger partial charge on any atom is 0.0125 e. The fourth-order valence-corrected chi connectivity index (χ4v) is 4.65. The molecule has 3 aliphatic heterocycles. The van der Waals surface area contributed by atoms with E-state index in [4.69, 9.17) is 0 Å². The van der Waals surface area contributed by atoms with E-state index in [1.54, 1.807) is 0 Å². The van der Waals surface area contributed by atoms with Gasteiger partial charge in [-0.1, -0.05) is 20.3 Å². The standard InChI is InChI=1S/C17H33N3/c1-13(2)18-11-14-7-8-20(12-14)17-9-15-5-4-6-16(10-17)19(15)3/h13-18H,4-12H2,1-3H3. The van der Waals surface area contributed by atoms with Crippen LogP contribution in [-0.4, -0.2) is 60.6 Å². The zero-order chi connectivity index (χ0) is 14.1. The molecule has 0 aromatic rings. The van der Waals surface area contributed by atoms with Crippen molar-refractivity contribution in [1.29, 1.82) is 0 Å². The van der Waals surface area contributed by atoms with Gasteiger partial charge in [0.05, 0.1) is 0 Å². The molecular formula is C17H33N3. The molecule has 3 heteroatoms. The Labute approximate surface area is 125 Å². The molecule has 0 amide bonds. The Balaban J connectivity index is 1.51. The first kappa shape index (κ1) is 14.8. The molecule has 0 radical (unpaired) electrons. The molecule has 3 aliphatic rings. The van der Waals surface area contributed by atoms with Crippen molar-refractivity contribution in [3.05, 3.63) is 0 Å². The second-order valence-corrected chi connectivity index (χ2v) is 7.74. The maximum absolute atomic E-state index is 3.62. The SMILES string of the molecule is CC(C)NCC1CCN(C2CC3CCCC(C2)N3C)C1. The van der Waals surface area contributed by atoms with Crippen LogP contribution < -0.4 is 5.32 Å². The van der Waals surface area contributed by atoms with E-state index < -0.39 is 0 Å². The lowest BCUT2D eigenvalue weighted by Gasteiger charge is -2.49. The van der Waals surface area contributed by atoms with Crippen molar-refractivity contribution in [3.8, 4) is 0 Å². The van der Waals surface area contributed by atoms with Gasteiger partial charge < -0.3 is 10.2 Å². The summed E-state index contributed by atoms with van der Waals surface area (Å²) in [5.74, 6) is 0.886. The summed E-state index contributed by atoms with van der Waals surface area (Å²) in [7, 11) is 2.37. The number of likely N-dealkylation sites (tertiary alicyclic amines) is 1. The molecule has 3 rings (SSSR count). The van der Waals surface area contributed by atoms with Gasteiger partial charge in [0.15, 0.2) is 0 Å². The van der Waals surface area contributed by atoms with Crippen molar-refractivity contribution in [2.24, 2.45) is 5.92 Å². The van der Waals surface area contributed by atoms with Crippen molar-refractivity contribution in [1.82, 2.24) is 15.1 Å². The van der Waals surface area contributed by atoms with Gasteiger partial charge in [0.1, 0.15) is 0 Å². The van der Waals surface area contributed by atoms with E-state index in [2.05, 4.69) is 36.0 Å². The van der Waals surface area contributed by atoms with E-state index in [1.807, 2.05) is 0 Å². The smallest absolute Gasteiger partial charge is 0.0125 e. The molecule has 0 spiro atoms. The van der Waals surface area contributed by atoms with Crippen molar-refractivity contribution in [3.63, 3.8) is 0 Å². The quantitative estimate of drug-likeness (QED) is 0.852. The topological polar surface area (TPSA) is 18.5 Å². The van der Waals surface area contributed by atoms with Gasteiger partial charge in [-0.15, -0.1) is 0 Å². The Morgan fingerprint density at radius 1 is 1.05 bits per heavy atom. The third-order valence-corrected chi connectivity index (χ3v) is 5.96. The van der Waals surface area contributed by atoms with Crippen LogP contribution in [0.25, 0.3) is 0 Å². The van der Waals surface area contributed by atoms with E-state index in [1.165, 1.54) is 58.2 Å². The van der Waals surface area contributed by atoms with Crippen LogP contribution in [0.1, 0.15) is 52.4 Å². The lowest BCUT2D eigenvalue weighted by atomic mass is 9.82. The van der Waals surface area contributed by atoms with Gasteiger partial charge in [0, 0.05) is 30.7 Å². The lowest BCUT2D eigenvalue weighted by molar-refractivity contribution is 0.0149. The van der Waals surface area contributed by atoms with Gasteiger partial charge >= 0.3 is 0 Å². The van der Waals surface area contributed by atoms with Gasteiger partial charge in [-0.3, -0.25) is 4.90 Å². The Morgan fingerprint density at radius 2 is 1.75 bits per heavy atom. The van der Waals surface area contributed by atoms with Crippen LogP contribution in [-0.2, 0) is 0 Å². The lowest BCUT2D eigenvalue weighted by Crippen LogP contribution is -2.55. The number of rotatable bonds is 4. The second kappa shape index (κ2) is 6.33. The van der Waals surface area contributed by atoms with Crippen LogP contribution in [0.2, 0.25) is 0 Å². The Morgan fingerprint density at radius 3 is 2.40 bits per heavy atom. The summed E-state index contributed by atoms with van der Waals surface area (Å²) in [6.07, 6.45) is 8.61. The molecule has 2 bridgehead atoms. The van der Waals surface area contributed by atoms with E-state index in [0.29, 0.717) is 6.04 Å². The van der Waals surface area contributed by atoms with E-state index in [9.17, 15) is 0 Å². The number of hydrogen-bond acceptors (Lipinski definition) is 3. The summed E-state index contributed by atoms with van der Waals surface area (Å²) < 4.78 is 0. The van der Waals surface area contributed by atoms with Crippen LogP contribution in [0.4, 0.5) is 0 Å². The molecule has 1 N–H and O–H groups in total. The monoisotopic (exact) mass is 279 g/mol. The highest BCUT2D eigenvalue weighted by molar-refractivity contribution is 4.96. The number of fused-ring (bicyclic) bond motifs is 2. The summed E-state index contributed by atoms with van der Waals surface area (Å²) in [6, 6.07) is 3.26. The first-order chi connectivity index (χ1) is 9.63. The highest BCUT2D eigenvalue weighted by Gasteiger charge is 2.39. The van der Waals surface area contributed by atoms with Gasteiger partial charge in [-0.05, 0) is 58.2 Å². The highest BCUT2D eigenvalue weighted by atomic mass is 15.2. The molecule has 3 heterocycles. The largest absolute Gasteiger partial charge is 0.314 e. The van der Waals surface area contributed by atoms with Crippen LogP contribution in [0.3, 0.4) is 0 Å². The highest BCUT2D eigenvalue weighted by Crippen LogP contribution is 2.36. The third-order valence-electron chi connectivity index (χ3n) is 5.96. The van der Waals surface area contributed by atoms with Crippen molar-refractivity contribution in [2.75, 3.05) is 26.7 Å². The van der Waals surface area contributed by atoms with E-state index in [0.717, 1.165) is 24.0 Å². The first-order valence-electron chi connectivity index (χ1n) is 8.83. The molecule has 0 aromatic carbocycles. The number of hydrogen-bond donors (Lipinski definition) is 1. The molecule has 3 atom stereocenters. The van der Waals surface area contributed by atoms with Crippen molar-refractivity contribution < 1.29 is 0 Å². The Kier molecular flexibility index (Phi) is 4.68. The van der Waals surface area contributed by atoms with E-state index in [-0.39, 0.29) is 0 Å². The number of nitrogens with one attached hydrogen (secondary N) is 1. The van der Waals surface area contributed by atoms with Gasteiger partial charge in [-0.25, -0.2) is 0 Å². The van der Waals surface area contributed by atoms with Gasteiger partial charge in [-0.2, -0.15) is 0 Å². The minimum Gasteiger partial charge on any atom is -0.314 e. The predicted octanol–water partition coefficient (Wildman–Crippen LogP) is 2.32. The summed E-state index contributed by atoms with van der Waals surface area (Å²) in [4.78, 5) is 5.51. The maximum atomic E-state index is 3.62. The number of piperidine rings is 2. The Bertz CT molecular complexity index is 303. The summed E-state index contributed by atoms with van der Waals surface area (Å²) in [5, 5.41) is 3.62. The first-order valence-corrected chi connectivity index (χ1v) is 8.83. The molecule has 3 unspecified atom stereocenters. The van der Waals surface area contributed by atoms with Crippen molar-refractivity contribution in [2.45, 2.75) is 76.5 Å². The fraction of sp³-hybridized carbons (Fsp3) is 1.00. The summed E-state index contributed by atoms with van der Waals surface area (Å²) >= 11 is 0. The fourth-order valence-electron chi connectivity index (χ4n) is 4.65. The summed E-state index contributed by atoms with van der Waals surface area (Å²) in [5.41, 5.74) is 0. The zero-order valence-electron chi connectivity index (χ0n) is 13.6. The van der Waals surface area contributed by atoms with Gasteiger partial charge in [0.2, 0.25) is 0 Å². The summed E-state index contributed by atoms with van der Waals surface area (Å²) in [6.45, 7) is 8.41. The zero-order valence-corrected chi connectivity index (χ0v) is 13.6. The molecule has 3 saturated heterocycles. The molecule has 0 saturated carbocycles. The molecule has 3 nitrogen and oxygen atoms in total. The molecule has 0 aromatic heterocycles. The molecule has 3 fully saturated rings. The molecule has 116 valence electrons. The minimum absolute atomic E-state index is 0.631. The average molecular weight is 279 g/mol. The predicted molar refractivity (Wildman–Crippen MR) is 85.0 cm³/mol. The second-order valence-electron chi connectivity index (χ2n) is 7.74. The van der Waals surface area contributed by atoms with E-state index >= 15 is 0 Å². The average Bonchev–Trinajstić information content (AvgIpc) is 2.85. The molecular weight excluding hydrogens is 246 g/mol. The van der Waals surface area contributed by atoms with Crippen molar-refractivity contribution >= 4 is 0 Å². The van der Waals surface area contributed by atoms with Crippen LogP contribution in [0.5, 0.6) is 0 Å². The molecule has 0 aliphatic carbocycles. The third kappa shape index (κ3) is 3.20. The van der Waals surface area contributed by atoms with Crippen LogP contribution in [0.15, 0.2) is 0 Å². The van der Waals surface area contributed by atoms with Crippen LogP contribution >= 0.6 is 0 Å². The normalized spacial score (nSPS) is 39.6.